The molecule has 4 fully saturated rings. The Bertz CT molecular complexity index is 2090. The molecular formula is C49H56Cl2SiZr-2. The molecular weight excluding hydrogens is 779 g/mol. The summed E-state index contributed by atoms with van der Waals surface area (Å²) in [6.07, 6.45) is 8.93. The van der Waals surface area contributed by atoms with Gasteiger partial charge in [-0.3, -0.25) is 0 Å². The third-order valence-electron chi connectivity index (χ3n) is 12.1. The second kappa shape index (κ2) is 17.7. The maximum absolute atomic E-state index is 2.47. The van der Waals surface area contributed by atoms with Crippen molar-refractivity contribution in [3.8, 4) is 22.3 Å². The van der Waals surface area contributed by atoms with Crippen LogP contribution in [0.3, 0.4) is 0 Å². The van der Waals surface area contributed by atoms with Crippen LogP contribution in [0.5, 0.6) is 0 Å². The summed E-state index contributed by atoms with van der Waals surface area (Å²) in [7, 11) is 0. The van der Waals surface area contributed by atoms with Gasteiger partial charge in [-0.25, -0.2) is 0 Å². The summed E-state index contributed by atoms with van der Waals surface area (Å²) in [4.78, 5) is 0. The summed E-state index contributed by atoms with van der Waals surface area (Å²) >= 11 is 1.74. The minimum absolute atomic E-state index is 0. The summed E-state index contributed by atoms with van der Waals surface area (Å²) < 4.78 is 0. The third-order valence-corrected chi connectivity index (χ3v) is 12.1. The molecule has 6 aromatic rings. The number of hydrogen-bond acceptors (Lipinski definition) is 0. The minimum Gasteiger partial charge on any atom is -1.00 e. The molecule has 6 aromatic carbocycles. The van der Waals surface area contributed by atoms with Crippen LogP contribution in [0.4, 0.5) is 0 Å². The van der Waals surface area contributed by atoms with E-state index in [1.54, 1.807) is 28.9 Å². The molecule has 53 heavy (non-hydrogen) atoms. The van der Waals surface area contributed by atoms with Gasteiger partial charge >= 0.3 is 41.9 Å². The van der Waals surface area contributed by atoms with Crippen LogP contribution in [0.2, 0.25) is 13.1 Å². The van der Waals surface area contributed by atoms with Gasteiger partial charge in [0, 0.05) is 0 Å². The first-order chi connectivity index (χ1) is 24.5. The molecule has 10 rings (SSSR count). The Kier molecular flexibility index (Phi) is 14.0. The van der Waals surface area contributed by atoms with Crippen LogP contribution in [-0.2, 0) is 28.8 Å². The van der Waals surface area contributed by atoms with Gasteiger partial charge in [-0.15, -0.1) is 69.1 Å². The van der Waals surface area contributed by atoms with E-state index in [1.807, 2.05) is 0 Å². The summed E-state index contributed by atoms with van der Waals surface area (Å²) in [5, 5.41) is 5.49. The number of rotatable bonds is 5. The first-order valence-electron chi connectivity index (χ1n) is 19.6. The zero-order valence-corrected chi connectivity index (χ0v) is 37.7. The van der Waals surface area contributed by atoms with Crippen LogP contribution in [0, 0.1) is 24.7 Å². The van der Waals surface area contributed by atoms with E-state index in [-0.39, 0.29) is 30.2 Å². The minimum atomic E-state index is 0. The van der Waals surface area contributed by atoms with Crippen molar-refractivity contribution in [3.63, 3.8) is 0 Å². The Balaban J connectivity index is 0.000000183. The van der Waals surface area contributed by atoms with Gasteiger partial charge in [-0.05, 0) is 95.8 Å². The number of halogens is 2. The average Bonchev–Trinajstić information content (AvgIpc) is 3.71. The second-order valence-corrected chi connectivity index (χ2v) is 26.5. The van der Waals surface area contributed by atoms with Gasteiger partial charge in [0.2, 0.25) is 0 Å². The van der Waals surface area contributed by atoms with E-state index in [0.29, 0.717) is 17.3 Å². The average molecular weight is 835 g/mol. The van der Waals surface area contributed by atoms with Crippen molar-refractivity contribution in [1.82, 2.24) is 0 Å². The normalized spacial score (nSPS) is 21.1. The Morgan fingerprint density at radius 3 is 1.55 bits per heavy atom. The van der Waals surface area contributed by atoms with Crippen molar-refractivity contribution in [2.45, 2.75) is 103 Å². The molecule has 4 saturated carbocycles. The molecule has 276 valence electrons. The third kappa shape index (κ3) is 9.26. The predicted octanol–water partition coefficient (Wildman–Crippen LogP) is 8.27. The second-order valence-electron chi connectivity index (χ2n) is 17.1. The van der Waals surface area contributed by atoms with E-state index in [9.17, 15) is 0 Å². The zero-order valence-electron chi connectivity index (χ0n) is 32.8. The van der Waals surface area contributed by atoms with Gasteiger partial charge < -0.3 is 24.8 Å². The van der Waals surface area contributed by atoms with Crippen molar-refractivity contribution in [3.05, 3.63) is 131 Å². The predicted molar refractivity (Wildman–Crippen MR) is 220 cm³/mol. The van der Waals surface area contributed by atoms with Crippen LogP contribution in [-0.4, -0.2) is 5.43 Å². The van der Waals surface area contributed by atoms with E-state index in [0.717, 1.165) is 17.8 Å². The molecule has 0 radical (unpaired) electrons. The Morgan fingerprint density at radius 1 is 0.623 bits per heavy atom. The van der Waals surface area contributed by atoms with Gasteiger partial charge in [0.25, 0.3) is 0 Å². The van der Waals surface area contributed by atoms with Crippen LogP contribution in [0.25, 0.3) is 43.8 Å². The van der Waals surface area contributed by atoms with Crippen molar-refractivity contribution in [2.75, 3.05) is 0 Å². The van der Waals surface area contributed by atoms with Crippen molar-refractivity contribution in [1.29, 1.82) is 0 Å². The number of aryl methyl sites for hydroxylation is 1. The van der Waals surface area contributed by atoms with Gasteiger partial charge in [-0.1, -0.05) is 106 Å². The molecule has 4 aliphatic carbocycles. The van der Waals surface area contributed by atoms with Gasteiger partial charge in [-0.2, -0.15) is 12.1 Å². The Hall–Kier alpha value is -2.22. The summed E-state index contributed by atoms with van der Waals surface area (Å²) in [5.41, 5.74) is 11.9. The van der Waals surface area contributed by atoms with Crippen molar-refractivity contribution >= 4 is 27.0 Å². The maximum Gasteiger partial charge on any atom is -0.00391 e. The molecule has 4 heteroatoms. The molecule has 0 aromatic heterocycles. The topological polar surface area (TPSA) is 0 Å². The monoisotopic (exact) mass is 832 g/mol. The molecule has 0 spiro atoms. The fourth-order valence-electron chi connectivity index (χ4n) is 9.99. The maximum atomic E-state index is 2.47. The molecule has 0 heterocycles. The van der Waals surface area contributed by atoms with E-state index in [4.69, 9.17) is 0 Å². The van der Waals surface area contributed by atoms with Gasteiger partial charge in [0.1, 0.15) is 0 Å². The van der Waals surface area contributed by atoms with Crippen LogP contribution in [0.1, 0.15) is 100 Å². The SMILES string of the molecule is CC(C)c1ccc(-c2cccc3[cH-]c(C(C)C)cc23)cc1.C[Si](C)=[Zr+2].Cc1cc2c(-c3ccc(C45CC6CC(CC(C6)C4)C5)cc3)cccc2[cH-]1.[Cl-].[Cl-]. The van der Waals surface area contributed by atoms with Crippen LogP contribution in [0.15, 0.2) is 109 Å². The van der Waals surface area contributed by atoms with E-state index in [2.05, 4.69) is 157 Å². The summed E-state index contributed by atoms with van der Waals surface area (Å²) in [6.45, 7) is 15.8. The molecule has 0 atom stereocenters. The number of fused-ring (bicyclic) bond motifs is 2. The van der Waals surface area contributed by atoms with E-state index in [1.165, 1.54) is 99.0 Å². The fraction of sp³-hybridized carbons (Fsp3) is 0.388. The van der Waals surface area contributed by atoms with E-state index >= 15 is 0 Å². The quantitative estimate of drug-likeness (QED) is 0.121. The molecule has 0 N–H and O–H groups in total. The van der Waals surface area contributed by atoms with Crippen molar-refractivity contribution in [2.24, 2.45) is 17.8 Å². The Morgan fingerprint density at radius 2 is 1.08 bits per heavy atom. The van der Waals surface area contributed by atoms with E-state index < -0.39 is 0 Å². The Labute approximate surface area is 347 Å². The van der Waals surface area contributed by atoms with Gasteiger partial charge in [0.15, 0.2) is 0 Å². The molecule has 0 saturated heterocycles. The van der Waals surface area contributed by atoms with Gasteiger partial charge in [0.05, 0.1) is 0 Å². The molecule has 0 amide bonds. The largest absolute Gasteiger partial charge is 1.00 e. The number of benzene rings is 4. The summed E-state index contributed by atoms with van der Waals surface area (Å²) in [5.74, 6) is 4.21. The molecule has 0 unspecified atom stereocenters. The molecule has 4 aliphatic rings. The fourth-order valence-corrected chi connectivity index (χ4v) is 9.99. The molecule has 4 bridgehead atoms. The number of hydrogen-bond donors (Lipinski definition) is 0. The standard InChI is InChI=1S/C26H27.C21H23.C2H6Si.2ClH.Zr/c1-17-9-22-3-2-4-24(25(22)10-17)21-5-7-23(8-6-21)26-14-18-11-19(15-26)13-20(12-18)16-26;1-14(2)16-8-10-17(11-9-16)20-7-5-6-18-12-19(15(3)4)13-21(18)20;1-3-2;;;/h2-10,18-20H,11-16H2,1H3;5-15H,1-4H3;1-2H3;2*1H;/q2*-1;;;;+2/p-2. The molecule has 0 nitrogen and oxygen atoms in total. The van der Waals surface area contributed by atoms with Crippen LogP contribution >= 0.6 is 0 Å². The molecule has 0 aliphatic heterocycles. The summed E-state index contributed by atoms with van der Waals surface area (Å²) in [6, 6.07) is 41.4. The van der Waals surface area contributed by atoms with Crippen molar-refractivity contribution < 1.29 is 48.1 Å². The first-order valence-corrected chi connectivity index (χ1v) is 25.7. The zero-order chi connectivity index (χ0) is 35.9. The smallest absolute Gasteiger partial charge is 0.00391 e. The first kappa shape index (κ1) is 41.9. The van der Waals surface area contributed by atoms with Crippen LogP contribution < -0.4 is 24.8 Å².